The fraction of sp³-hybridized carbons (Fsp3) is 0.875. The highest BCUT2D eigenvalue weighted by Gasteiger charge is 2.26. The maximum absolute atomic E-state index is 11.3. The van der Waals surface area contributed by atoms with E-state index in [1.807, 2.05) is 7.05 Å². The second-order valence-corrected chi connectivity index (χ2v) is 3.08. The van der Waals surface area contributed by atoms with Gasteiger partial charge in [-0.25, -0.2) is 4.79 Å². The lowest BCUT2D eigenvalue weighted by atomic mass is 10.2. The van der Waals surface area contributed by atoms with Crippen LogP contribution in [0.15, 0.2) is 0 Å². The zero-order valence-electron chi connectivity index (χ0n) is 8.17. The molecule has 0 aliphatic carbocycles. The summed E-state index contributed by atoms with van der Waals surface area (Å²) in [7, 11) is 3.30. The number of methoxy groups -OCH3 is 1. The zero-order valence-corrected chi connectivity index (χ0v) is 8.17. The lowest BCUT2D eigenvalue weighted by molar-refractivity contribution is 0.0947. The van der Waals surface area contributed by atoms with Gasteiger partial charge in [0.15, 0.2) is 0 Å². The van der Waals surface area contributed by atoms with Crippen LogP contribution in [0.4, 0.5) is 4.79 Å². The third-order valence-corrected chi connectivity index (χ3v) is 2.20. The average Bonchev–Trinajstić information content (AvgIpc) is 2.18. The summed E-state index contributed by atoms with van der Waals surface area (Å²) in [5.41, 5.74) is 0. The number of hydrogen-bond acceptors (Lipinski definition) is 4. The van der Waals surface area contributed by atoms with E-state index in [0.29, 0.717) is 0 Å². The van der Waals surface area contributed by atoms with Gasteiger partial charge in [0.05, 0.1) is 13.2 Å². The molecule has 0 radical (unpaired) electrons. The lowest BCUT2D eigenvalue weighted by Gasteiger charge is -2.34. The van der Waals surface area contributed by atoms with Gasteiger partial charge in [-0.05, 0) is 7.05 Å². The summed E-state index contributed by atoms with van der Waals surface area (Å²) >= 11 is 0. The number of ether oxygens (including phenoxy) is 1. The van der Waals surface area contributed by atoms with Crippen molar-refractivity contribution >= 4 is 6.09 Å². The van der Waals surface area contributed by atoms with E-state index in [1.165, 1.54) is 7.11 Å². The van der Waals surface area contributed by atoms with Crippen LogP contribution in [0.3, 0.4) is 0 Å². The predicted molar refractivity (Wildman–Crippen MR) is 49.7 cm³/mol. The fourth-order valence-corrected chi connectivity index (χ4v) is 1.54. The molecule has 0 saturated carbocycles. The van der Waals surface area contributed by atoms with Gasteiger partial charge >= 0.3 is 6.09 Å². The van der Waals surface area contributed by atoms with E-state index < -0.39 is 0 Å². The van der Waals surface area contributed by atoms with Crippen molar-refractivity contribution in [1.29, 1.82) is 0 Å². The Labute approximate surface area is 78.4 Å². The van der Waals surface area contributed by atoms with E-state index in [0.717, 1.165) is 26.2 Å². The van der Waals surface area contributed by atoms with Crippen molar-refractivity contribution in [3.8, 4) is 0 Å². The Morgan fingerprint density at radius 3 is 3.15 bits per heavy atom. The molecule has 76 valence electrons. The molecular formula is C8H17N3O2. The van der Waals surface area contributed by atoms with Crippen LogP contribution in [-0.4, -0.2) is 57.4 Å². The summed E-state index contributed by atoms with van der Waals surface area (Å²) in [5, 5.41) is 6.30. The summed E-state index contributed by atoms with van der Waals surface area (Å²) in [4.78, 5) is 13.1. The lowest BCUT2D eigenvalue weighted by Crippen LogP contribution is -2.56. The third kappa shape index (κ3) is 2.57. The summed E-state index contributed by atoms with van der Waals surface area (Å²) in [6.45, 7) is 3.19. The van der Waals surface area contributed by atoms with Gasteiger partial charge in [-0.15, -0.1) is 0 Å². The molecule has 1 atom stereocenters. The summed E-state index contributed by atoms with van der Waals surface area (Å²) < 4.78 is 4.70. The number of amides is 1. The number of rotatable bonds is 2. The molecule has 1 rings (SSSR count). The summed E-state index contributed by atoms with van der Waals surface area (Å²) in [5.74, 6) is 0. The molecule has 0 spiro atoms. The predicted octanol–water partition coefficient (Wildman–Crippen LogP) is -0.754. The fourth-order valence-electron chi connectivity index (χ4n) is 1.54. The Balaban J connectivity index is 2.50. The molecule has 1 unspecified atom stereocenters. The SMILES string of the molecule is CNCC1CNCCN1C(=O)OC. The largest absolute Gasteiger partial charge is 0.453 e. The maximum atomic E-state index is 11.3. The zero-order chi connectivity index (χ0) is 9.68. The van der Waals surface area contributed by atoms with Crippen LogP contribution in [0.1, 0.15) is 0 Å². The normalized spacial score (nSPS) is 22.9. The van der Waals surface area contributed by atoms with Gasteiger partial charge in [-0.3, -0.25) is 0 Å². The number of hydrogen-bond donors (Lipinski definition) is 2. The molecule has 1 fully saturated rings. The van der Waals surface area contributed by atoms with E-state index in [9.17, 15) is 4.79 Å². The first kappa shape index (κ1) is 10.3. The van der Waals surface area contributed by atoms with Crippen molar-refractivity contribution in [1.82, 2.24) is 15.5 Å². The standard InChI is InChI=1S/C8H17N3O2/c1-9-5-7-6-10-3-4-11(7)8(12)13-2/h7,9-10H,3-6H2,1-2H3. The van der Waals surface area contributed by atoms with Crippen molar-refractivity contribution in [3.63, 3.8) is 0 Å². The van der Waals surface area contributed by atoms with E-state index >= 15 is 0 Å². The molecule has 5 heteroatoms. The second-order valence-electron chi connectivity index (χ2n) is 3.08. The van der Waals surface area contributed by atoms with Crippen molar-refractivity contribution in [2.24, 2.45) is 0 Å². The van der Waals surface area contributed by atoms with Gasteiger partial charge < -0.3 is 20.3 Å². The van der Waals surface area contributed by atoms with Gasteiger partial charge in [0, 0.05) is 26.2 Å². The van der Waals surface area contributed by atoms with E-state index in [4.69, 9.17) is 4.74 Å². The Morgan fingerprint density at radius 2 is 2.54 bits per heavy atom. The molecule has 1 amide bonds. The van der Waals surface area contributed by atoms with Gasteiger partial charge in [0.1, 0.15) is 0 Å². The van der Waals surface area contributed by atoms with Crippen LogP contribution < -0.4 is 10.6 Å². The van der Waals surface area contributed by atoms with Crippen molar-refractivity contribution in [2.75, 3.05) is 40.3 Å². The number of nitrogens with one attached hydrogen (secondary N) is 2. The highest BCUT2D eigenvalue weighted by atomic mass is 16.5. The van der Waals surface area contributed by atoms with Gasteiger partial charge in [-0.2, -0.15) is 0 Å². The quantitative estimate of drug-likeness (QED) is 0.597. The van der Waals surface area contributed by atoms with Crippen LogP contribution in [0, 0.1) is 0 Å². The van der Waals surface area contributed by atoms with E-state index in [-0.39, 0.29) is 12.1 Å². The molecular weight excluding hydrogens is 170 g/mol. The van der Waals surface area contributed by atoms with Gasteiger partial charge in [0.25, 0.3) is 0 Å². The number of piperazine rings is 1. The number of carbonyl (C=O) groups is 1. The minimum absolute atomic E-state index is 0.200. The molecule has 0 aromatic rings. The Morgan fingerprint density at radius 1 is 1.77 bits per heavy atom. The monoisotopic (exact) mass is 187 g/mol. The van der Waals surface area contributed by atoms with E-state index in [2.05, 4.69) is 10.6 Å². The average molecular weight is 187 g/mol. The molecule has 1 aliphatic heterocycles. The van der Waals surface area contributed by atoms with Crippen LogP contribution >= 0.6 is 0 Å². The van der Waals surface area contributed by atoms with Crippen LogP contribution in [-0.2, 0) is 4.74 Å². The van der Waals surface area contributed by atoms with Gasteiger partial charge in [-0.1, -0.05) is 0 Å². The first-order valence-corrected chi connectivity index (χ1v) is 4.49. The summed E-state index contributed by atoms with van der Waals surface area (Å²) in [6, 6.07) is 0.200. The molecule has 0 aromatic carbocycles. The number of carbonyl (C=O) groups excluding carboxylic acids is 1. The maximum Gasteiger partial charge on any atom is 0.409 e. The molecule has 1 saturated heterocycles. The minimum atomic E-state index is -0.234. The third-order valence-electron chi connectivity index (χ3n) is 2.20. The van der Waals surface area contributed by atoms with Crippen molar-refractivity contribution in [3.05, 3.63) is 0 Å². The first-order valence-electron chi connectivity index (χ1n) is 4.49. The van der Waals surface area contributed by atoms with Gasteiger partial charge in [0.2, 0.25) is 0 Å². The van der Waals surface area contributed by atoms with Crippen LogP contribution in [0.25, 0.3) is 0 Å². The van der Waals surface area contributed by atoms with Crippen molar-refractivity contribution in [2.45, 2.75) is 6.04 Å². The molecule has 2 N–H and O–H groups in total. The number of nitrogens with zero attached hydrogens (tertiary/aromatic N) is 1. The highest BCUT2D eigenvalue weighted by molar-refractivity contribution is 5.68. The second kappa shape index (κ2) is 5.04. The first-order chi connectivity index (χ1) is 6.29. The molecule has 0 bridgehead atoms. The Hall–Kier alpha value is -0.810. The molecule has 5 nitrogen and oxygen atoms in total. The van der Waals surface area contributed by atoms with Crippen LogP contribution in [0.5, 0.6) is 0 Å². The number of likely N-dealkylation sites (N-methyl/N-ethyl adjacent to an activating group) is 1. The molecule has 13 heavy (non-hydrogen) atoms. The topological polar surface area (TPSA) is 53.6 Å². The Bertz CT molecular complexity index is 173. The highest BCUT2D eigenvalue weighted by Crippen LogP contribution is 2.03. The molecule has 1 heterocycles. The molecule has 0 aromatic heterocycles. The minimum Gasteiger partial charge on any atom is -0.453 e. The van der Waals surface area contributed by atoms with Crippen LogP contribution in [0.2, 0.25) is 0 Å². The smallest absolute Gasteiger partial charge is 0.409 e. The Kier molecular flexibility index (Phi) is 3.98. The van der Waals surface area contributed by atoms with Crippen molar-refractivity contribution < 1.29 is 9.53 Å². The van der Waals surface area contributed by atoms with E-state index in [1.54, 1.807) is 4.90 Å². The summed E-state index contributed by atoms with van der Waals surface area (Å²) in [6.07, 6.45) is -0.234. The molecule has 1 aliphatic rings.